The van der Waals surface area contributed by atoms with Gasteiger partial charge in [-0.15, -0.1) is 0 Å². The third-order valence-electron chi connectivity index (χ3n) is 3.75. The number of hydrazone groups is 1. The molecular weight excluding hydrogens is 420 g/mol. The van der Waals surface area contributed by atoms with Gasteiger partial charge in [0.1, 0.15) is 11.5 Å². The van der Waals surface area contributed by atoms with Crippen molar-refractivity contribution in [3.8, 4) is 11.3 Å². The molecule has 0 aliphatic rings. The zero-order chi connectivity index (χ0) is 18.7. The van der Waals surface area contributed by atoms with Crippen molar-refractivity contribution in [3.05, 3.63) is 74.9 Å². The van der Waals surface area contributed by atoms with E-state index in [2.05, 4.69) is 26.5 Å². The fourth-order valence-electron chi connectivity index (χ4n) is 2.37. The summed E-state index contributed by atoms with van der Waals surface area (Å²) in [6, 6.07) is 13.9. The second-order valence-electron chi connectivity index (χ2n) is 5.48. The number of nitrogens with one attached hydrogen (secondary N) is 1. The number of anilines is 1. The Kier molecular flexibility index (Phi) is 5.44. The molecule has 3 aromatic rings. The molecule has 0 aliphatic carbocycles. The molecule has 26 heavy (non-hydrogen) atoms. The highest BCUT2D eigenvalue weighted by Gasteiger charge is 2.15. The summed E-state index contributed by atoms with van der Waals surface area (Å²) < 4.78 is 6.39. The minimum Gasteiger partial charge on any atom is -0.478 e. The zero-order valence-electron chi connectivity index (χ0n) is 13.7. The largest absolute Gasteiger partial charge is 0.478 e. The molecule has 7 heteroatoms. The number of furan rings is 1. The van der Waals surface area contributed by atoms with Crippen LogP contribution >= 0.6 is 27.5 Å². The first-order valence-corrected chi connectivity index (χ1v) is 8.80. The molecule has 5 nitrogen and oxygen atoms in total. The Balaban J connectivity index is 1.80. The molecule has 3 rings (SSSR count). The lowest BCUT2D eigenvalue weighted by atomic mass is 10.1. The van der Waals surface area contributed by atoms with Crippen molar-refractivity contribution in [2.45, 2.75) is 6.92 Å². The Morgan fingerprint density at radius 1 is 1.27 bits per heavy atom. The van der Waals surface area contributed by atoms with E-state index in [1.165, 1.54) is 12.3 Å². The van der Waals surface area contributed by atoms with Gasteiger partial charge in [0, 0.05) is 15.1 Å². The smallest absolute Gasteiger partial charge is 0.336 e. The van der Waals surface area contributed by atoms with Crippen LogP contribution in [0.1, 0.15) is 21.7 Å². The van der Waals surface area contributed by atoms with E-state index >= 15 is 0 Å². The highest BCUT2D eigenvalue weighted by atomic mass is 79.9. The van der Waals surface area contributed by atoms with Gasteiger partial charge in [0.2, 0.25) is 0 Å². The van der Waals surface area contributed by atoms with E-state index in [1.807, 2.05) is 25.1 Å². The van der Waals surface area contributed by atoms with Crippen molar-refractivity contribution in [1.82, 2.24) is 0 Å². The maximum atomic E-state index is 11.4. The van der Waals surface area contributed by atoms with Crippen LogP contribution in [0.25, 0.3) is 11.3 Å². The Morgan fingerprint density at radius 3 is 2.85 bits per heavy atom. The molecule has 0 unspecified atom stereocenters. The molecule has 1 aromatic heterocycles. The molecule has 0 spiro atoms. The minimum absolute atomic E-state index is 0.157. The number of nitrogens with zero attached hydrogens (tertiary/aromatic N) is 1. The summed E-state index contributed by atoms with van der Waals surface area (Å²) in [5.74, 6) is -0.0762. The second kappa shape index (κ2) is 7.76. The predicted molar refractivity (Wildman–Crippen MR) is 106 cm³/mol. The van der Waals surface area contributed by atoms with Crippen LogP contribution in [0.3, 0.4) is 0 Å². The van der Waals surface area contributed by atoms with Crippen LogP contribution in [0.5, 0.6) is 0 Å². The highest BCUT2D eigenvalue weighted by Crippen LogP contribution is 2.28. The van der Waals surface area contributed by atoms with Gasteiger partial charge in [-0.1, -0.05) is 33.6 Å². The average Bonchev–Trinajstić information content (AvgIpc) is 3.07. The molecule has 0 bridgehead atoms. The lowest BCUT2D eigenvalue weighted by molar-refractivity contribution is 0.0697. The monoisotopic (exact) mass is 432 g/mol. The highest BCUT2D eigenvalue weighted by molar-refractivity contribution is 9.10. The molecule has 0 amide bonds. The van der Waals surface area contributed by atoms with Gasteiger partial charge in [0.15, 0.2) is 0 Å². The molecular formula is C19H14BrClN2O3. The van der Waals surface area contributed by atoms with Gasteiger partial charge >= 0.3 is 5.97 Å². The maximum Gasteiger partial charge on any atom is 0.336 e. The molecule has 0 radical (unpaired) electrons. The van der Waals surface area contributed by atoms with Gasteiger partial charge in [-0.2, -0.15) is 5.10 Å². The zero-order valence-corrected chi connectivity index (χ0v) is 16.0. The van der Waals surface area contributed by atoms with Gasteiger partial charge in [-0.3, -0.25) is 5.43 Å². The summed E-state index contributed by atoms with van der Waals surface area (Å²) in [5, 5.41) is 14.2. The summed E-state index contributed by atoms with van der Waals surface area (Å²) in [4.78, 5) is 11.4. The van der Waals surface area contributed by atoms with Gasteiger partial charge in [-0.25, -0.2) is 4.79 Å². The van der Waals surface area contributed by atoms with E-state index in [4.69, 9.17) is 16.0 Å². The number of carbonyl (C=O) groups is 1. The first-order valence-electron chi connectivity index (χ1n) is 7.63. The number of carboxylic acid groups (broad SMARTS) is 1. The second-order valence-corrected chi connectivity index (χ2v) is 6.80. The average molecular weight is 434 g/mol. The first-order chi connectivity index (χ1) is 12.5. The van der Waals surface area contributed by atoms with Crippen LogP contribution in [0.15, 0.2) is 62.5 Å². The summed E-state index contributed by atoms with van der Waals surface area (Å²) in [6.45, 7) is 1.89. The SMILES string of the molecule is Cc1c(Cl)cccc1N/N=C/c1ccc(-c2ccc(Br)cc2C(=O)O)o1. The Hall–Kier alpha value is -2.57. The Bertz CT molecular complexity index is 998. The van der Waals surface area contributed by atoms with Crippen molar-refractivity contribution < 1.29 is 14.3 Å². The number of aromatic carboxylic acids is 1. The van der Waals surface area contributed by atoms with Crippen molar-refractivity contribution in [3.63, 3.8) is 0 Å². The van der Waals surface area contributed by atoms with Crippen LogP contribution in [0.4, 0.5) is 5.69 Å². The number of halogens is 2. The fraction of sp³-hybridized carbons (Fsp3) is 0.0526. The van der Waals surface area contributed by atoms with E-state index in [9.17, 15) is 9.90 Å². The van der Waals surface area contributed by atoms with Crippen LogP contribution in [0.2, 0.25) is 5.02 Å². The topological polar surface area (TPSA) is 74.8 Å². The summed E-state index contributed by atoms with van der Waals surface area (Å²) >= 11 is 9.35. The van der Waals surface area contributed by atoms with E-state index in [0.29, 0.717) is 26.6 Å². The van der Waals surface area contributed by atoms with Crippen LogP contribution < -0.4 is 5.43 Å². The molecule has 0 atom stereocenters. The van der Waals surface area contributed by atoms with Crippen LogP contribution in [-0.4, -0.2) is 17.3 Å². The van der Waals surface area contributed by atoms with Crippen LogP contribution in [0, 0.1) is 6.92 Å². The lowest BCUT2D eigenvalue weighted by Crippen LogP contribution is -1.99. The molecule has 0 saturated heterocycles. The molecule has 0 fully saturated rings. The summed E-state index contributed by atoms with van der Waals surface area (Å²) in [6.07, 6.45) is 1.52. The molecule has 132 valence electrons. The van der Waals surface area contributed by atoms with Gasteiger partial charge in [-0.05, 0) is 55.0 Å². The Morgan fingerprint density at radius 2 is 2.08 bits per heavy atom. The summed E-state index contributed by atoms with van der Waals surface area (Å²) in [7, 11) is 0. The fourth-order valence-corrected chi connectivity index (χ4v) is 2.90. The van der Waals surface area contributed by atoms with Gasteiger partial charge in [0.05, 0.1) is 17.5 Å². The van der Waals surface area contributed by atoms with Crippen molar-refractivity contribution in [2.24, 2.45) is 5.10 Å². The number of hydrogen-bond acceptors (Lipinski definition) is 4. The minimum atomic E-state index is -1.02. The van der Waals surface area contributed by atoms with Gasteiger partial charge in [0.25, 0.3) is 0 Å². The van der Waals surface area contributed by atoms with E-state index in [1.54, 1.807) is 24.3 Å². The number of benzene rings is 2. The van der Waals surface area contributed by atoms with Crippen LogP contribution in [-0.2, 0) is 0 Å². The third-order valence-corrected chi connectivity index (χ3v) is 4.65. The molecule has 0 aliphatic heterocycles. The molecule has 0 saturated carbocycles. The summed E-state index contributed by atoms with van der Waals surface area (Å²) in [5.41, 5.74) is 5.26. The van der Waals surface area contributed by atoms with E-state index < -0.39 is 5.97 Å². The number of carboxylic acids is 1. The normalized spacial score (nSPS) is 11.0. The first kappa shape index (κ1) is 18.2. The van der Waals surface area contributed by atoms with Crippen molar-refractivity contribution in [1.29, 1.82) is 0 Å². The molecule has 2 N–H and O–H groups in total. The molecule has 2 aromatic carbocycles. The quantitative estimate of drug-likeness (QED) is 0.393. The third kappa shape index (κ3) is 3.98. The number of rotatable bonds is 5. The maximum absolute atomic E-state index is 11.4. The molecule has 1 heterocycles. The number of hydrogen-bond donors (Lipinski definition) is 2. The predicted octanol–water partition coefficient (Wildman–Crippen LogP) is 5.82. The lowest BCUT2D eigenvalue weighted by Gasteiger charge is -2.05. The van der Waals surface area contributed by atoms with Crippen molar-refractivity contribution >= 4 is 45.4 Å². The van der Waals surface area contributed by atoms with Gasteiger partial charge < -0.3 is 9.52 Å². The van der Waals surface area contributed by atoms with Crippen molar-refractivity contribution in [2.75, 3.05) is 5.43 Å². The standard InChI is InChI=1S/C19H14BrClN2O3/c1-11-16(21)3-2-4-17(11)23-22-10-13-6-8-18(26-13)14-7-5-12(20)9-15(14)19(24)25/h2-10,23H,1H3,(H,24,25)/b22-10+. The Labute approximate surface area is 163 Å². The van der Waals surface area contributed by atoms with E-state index in [-0.39, 0.29) is 5.56 Å². The van der Waals surface area contributed by atoms with E-state index in [0.717, 1.165) is 11.3 Å².